The molecule has 0 saturated carbocycles. The fourth-order valence-electron chi connectivity index (χ4n) is 0.264. The summed E-state index contributed by atoms with van der Waals surface area (Å²) < 4.78 is 0. The van der Waals surface area contributed by atoms with Crippen LogP contribution in [0.2, 0.25) is 0 Å². The summed E-state index contributed by atoms with van der Waals surface area (Å²) in [5.74, 6) is -1.22. The molecule has 10 heavy (non-hydrogen) atoms. The Morgan fingerprint density at radius 2 is 2.10 bits per heavy atom. The lowest BCUT2D eigenvalue weighted by Crippen LogP contribution is -1.95. The molecule has 0 aliphatic rings. The number of aliphatic carboxylic acids is 1. The standard InChI is InChI=1S/C5H5ClO3S/c6-3(5(8)9)1-2-4(7)10/h1H,2H2,(H,7,10)(H,8,9). The van der Waals surface area contributed by atoms with Crippen LogP contribution in [0.4, 0.5) is 0 Å². The van der Waals surface area contributed by atoms with E-state index in [2.05, 4.69) is 12.2 Å². The second-order valence-electron chi connectivity index (χ2n) is 1.46. The number of carboxylic acid groups (broad SMARTS) is 1. The summed E-state index contributed by atoms with van der Waals surface area (Å²) in [7, 11) is 0. The van der Waals surface area contributed by atoms with Crippen LogP contribution in [0.3, 0.4) is 0 Å². The molecule has 0 aliphatic heterocycles. The summed E-state index contributed by atoms with van der Waals surface area (Å²) in [6, 6.07) is 0. The van der Waals surface area contributed by atoms with E-state index in [1.54, 1.807) is 0 Å². The summed E-state index contributed by atoms with van der Waals surface area (Å²) in [5.41, 5.74) is 0. The molecule has 0 saturated heterocycles. The van der Waals surface area contributed by atoms with Crippen molar-refractivity contribution in [2.75, 3.05) is 0 Å². The number of aliphatic hydroxyl groups excluding tert-OH is 1. The molecule has 3 nitrogen and oxygen atoms in total. The lowest BCUT2D eigenvalue weighted by Gasteiger charge is -1.88. The van der Waals surface area contributed by atoms with E-state index in [0.717, 1.165) is 6.08 Å². The molecule has 0 amide bonds. The zero-order chi connectivity index (χ0) is 8.15. The van der Waals surface area contributed by atoms with Gasteiger partial charge in [0.1, 0.15) is 5.03 Å². The average molecular weight is 181 g/mol. The summed E-state index contributed by atoms with van der Waals surface area (Å²) in [6.45, 7) is 0. The first-order chi connectivity index (χ1) is 4.54. The van der Waals surface area contributed by atoms with E-state index in [4.69, 9.17) is 21.8 Å². The molecule has 0 radical (unpaired) electrons. The maximum absolute atomic E-state index is 9.99. The molecular formula is C5H5ClO3S. The van der Waals surface area contributed by atoms with Crippen LogP contribution in [-0.2, 0) is 4.79 Å². The van der Waals surface area contributed by atoms with Crippen molar-refractivity contribution >= 4 is 34.8 Å². The molecular weight excluding hydrogens is 176 g/mol. The molecule has 0 fully saturated rings. The van der Waals surface area contributed by atoms with Gasteiger partial charge in [0.2, 0.25) is 0 Å². The first kappa shape index (κ1) is 9.39. The second kappa shape index (κ2) is 4.24. The van der Waals surface area contributed by atoms with E-state index in [9.17, 15) is 4.79 Å². The highest BCUT2D eigenvalue weighted by molar-refractivity contribution is 7.80. The number of carbonyl (C=O) groups is 1. The van der Waals surface area contributed by atoms with Crippen LogP contribution >= 0.6 is 23.8 Å². The first-order valence-electron chi connectivity index (χ1n) is 2.34. The maximum atomic E-state index is 9.99. The third-order valence-corrected chi connectivity index (χ3v) is 1.14. The van der Waals surface area contributed by atoms with Crippen LogP contribution in [0.5, 0.6) is 0 Å². The van der Waals surface area contributed by atoms with Gasteiger partial charge in [0.05, 0.1) is 0 Å². The van der Waals surface area contributed by atoms with Crippen LogP contribution in [0.15, 0.2) is 11.1 Å². The number of rotatable bonds is 3. The molecule has 0 aliphatic carbocycles. The van der Waals surface area contributed by atoms with Gasteiger partial charge in [-0.2, -0.15) is 0 Å². The van der Waals surface area contributed by atoms with E-state index in [1.807, 2.05) is 0 Å². The SMILES string of the molecule is O=C(O)C(Cl)=CCC(O)=S. The number of thiocarbonyl (C=S) groups is 1. The van der Waals surface area contributed by atoms with Gasteiger partial charge in [0, 0.05) is 6.42 Å². The third-order valence-electron chi connectivity index (χ3n) is 0.660. The van der Waals surface area contributed by atoms with E-state index in [1.165, 1.54) is 0 Å². The van der Waals surface area contributed by atoms with Crippen LogP contribution < -0.4 is 0 Å². The lowest BCUT2D eigenvalue weighted by atomic mass is 10.4. The molecule has 0 spiro atoms. The molecule has 0 heterocycles. The van der Waals surface area contributed by atoms with Gasteiger partial charge in [-0.25, -0.2) is 4.79 Å². The quantitative estimate of drug-likeness (QED) is 0.510. The van der Waals surface area contributed by atoms with Crippen molar-refractivity contribution < 1.29 is 15.0 Å². The fraction of sp³-hybridized carbons (Fsp3) is 0.200. The fourth-order valence-corrected chi connectivity index (χ4v) is 0.425. The summed E-state index contributed by atoms with van der Waals surface area (Å²) in [6.07, 6.45) is 1.13. The Labute approximate surface area is 67.9 Å². The van der Waals surface area contributed by atoms with Crippen LogP contribution in [-0.4, -0.2) is 21.2 Å². The van der Waals surface area contributed by atoms with Crippen molar-refractivity contribution in [3.8, 4) is 0 Å². The van der Waals surface area contributed by atoms with Crippen molar-refractivity contribution in [1.82, 2.24) is 0 Å². The highest BCUT2D eigenvalue weighted by Crippen LogP contribution is 2.02. The zero-order valence-corrected chi connectivity index (χ0v) is 6.45. The van der Waals surface area contributed by atoms with E-state index in [0.29, 0.717) is 0 Å². The zero-order valence-electron chi connectivity index (χ0n) is 4.87. The topological polar surface area (TPSA) is 57.5 Å². The smallest absolute Gasteiger partial charge is 0.346 e. The molecule has 0 aromatic rings. The minimum atomic E-state index is -1.22. The number of hydrogen-bond acceptors (Lipinski definition) is 2. The van der Waals surface area contributed by atoms with Crippen LogP contribution in [0.1, 0.15) is 6.42 Å². The molecule has 0 aromatic heterocycles. The van der Waals surface area contributed by atoms with Crippen molar-refractivity contribution in [3.63, 3.8) is 0 Å². The van der Waals surface area contributed by atoms with Crippen molar-refractivity contribution in [3.05, 3.63) is 11.1 Å². The van der Waals surface area contributed by atoms with E-state index >= 15 is 0 Å². The second-order valence-corrected chi connectivity index (χ2v) is 2.33. The van der Waals surface area contributed by atoms with Crippen molar-refractivity contribution in [2.45, 2.75) is 6.42 Å². The summed E-state index contributed by atoms with van der Waals surface area (Å²) >= 11 is 9.41. The first-order valence-corrected chi connectivity index (χ1v) is 3.13. The van der Waals surface area contributed by atoms with Gasteiger partial charge >= 0.3 is 5.97 Å². The highest BCUT2D eigenvalue weighted by atomic mass is 35.5. The number of hydrogen-bond donors (Lipinski definition) is 2. The lowest BCUT2D eigenvalue weighted by molar-refractivity contribution is -0.131. The Morgan fingerprint density at radius 3 is 2.40 bits per heavy atom. The van der Waals surface area contributed by atoms with Gasteiger partial charge in [-0.05, 0) is 18.3 Å². The number of halogens is 1. The molecule has 0 atom stereocenters. The summed E-state index contributed by atoms with van der Waals surface area (Å²) in [5, 5.41) is 16.0. The van der Waals surface area contributed by atoms with Gasteiger partial charge in [0.15, 0.2) is 5.05 Å². The van der Waals surface area contributed by atoms with Gasteiger partial charge in [-0.3, -0.25) is 0 Å². The minimum absolute atomic E-state index is 0.000463. The highest BCUT2D eigenvalue weighted by Gasteiger charge is 2.01. The Hall–Kier alpha value is -0.610. The molecule has 0 unspecified atom stereocenters. The van der Waals surface area contributed by atoms with Crippen molar-refractivity contribution in [2.24, 2.45) is 0 Å². The number of carboxylic acids is 1. The minimum Gasteiger partial charge on any atom is -0.502 e. The molecule has 0 rings (SSSR count). The van der Waals surface area contributed by atoms with Crippen LogP contribution in [0, 0.1) is 0 Å². The van der Waals surface area contributed by atoms with Gasteiger partial charge in [0.25, 0.3) is 0 Å². The monoisotopic (exact) mass is 180 g/mol. The molecule has 0 aromatic carbocycles. The molecule has 2 N–H and O–H groups in total. The van der Waals surface area contributed by atoms with Gasteiger partial charge < -0.3 is 10.2 Å². The largest absolute Gasteiger partial charge is 0.502 e. The predicted octanol–water partition coefficient (Wildman–Crippen LogP) is 1.47. The summed E-state index contributed by atoms with van der Waals surface area (Å²) in [4.78, 5) is 9.99. The van der Waals surface area contributed by atoms with Crippen molar-refractivity contribution in [1.29, 1.82) is 0 Å². The Kier molecular flexibility index (Phi) is 3.99. The average Bonchev–Trinajstić information content (AvgIpc) is 1.82. The third kappa shape index (κ3) is 4.29. The molecule has 5 heteroatoms. The van der Waals surface area contributed by atoms with Crippen LogP contribution in [0.25, 0.3) is 0 Å². The van der Waals surface area contributed by atoms with E-state index in [-0.39, 0.29) is 16.5 Å². The van der Waals surface area contributed by atoms with E-state index < -0.39 is 5.97 Å². The Morgan fingerprint density at radius 1 is 1.60 bits per heavy atom. The number of aliphatic hydroxyl groups is 1. The van der Waals surface area contributed by atoms with Gasteiger partial charge in [-0.1, -0.05) is 11.6 Å². The Bertz CT molecular complexity index is 187. The Balaban J connectivity index is 3.92. The normalized spacial score (nSPS) is 11.1. The predicted molar refractivity (Wildman–Crippen MR) is 41.4 cm³/mol. The molecule has 56 valence electrons. The maximum Gasteiger partial charge on any atom is 0.346 e. The molecule has 0 bridgehead atoms. The van der Waals surface area contributed by atoms with Gasteiger partial charge in [-0.15, -0.1) is 0 Å².